The maximum Gasteiger partial charge on any atom is 0.255 e. The van der Waals surface area contributed by atoms with Gasteiger partial charge in [0.2, 0.25) is 0 Å². The molecule has 0 bridgehead atoms. The Morgan fingerprint density at radius 2 is 2.23 bits per heavy atom. The molecule has 0 radical (unpaired) electrons. The fraction of sp³-hybridized carbons (Fsp3) is 0.667. The van der Waals surface area contributed by atoms with E-state index in [9.17, 15) is 9.90 Å². The van der Waals surface area contributed by atoms with Gasteiger partial charge in [-0.1, -0.05) is 0 Å². The smallest absolute Gasteiger partial charge is 0.255 e. The Morgan fingerprint density at radius 1 is 1.54 bits per heavy atom. The summed E-state index contributed by atoms with van der Waals surface area (Å²) in [7, 11) is 0. The van der Waals surface area contributed by atoms with Crippen molar-refractivity contribution in [2.24, 2.45) is 0 Å². The SMILES string of the molecule is CC1=C(C)C(=O)N2CC[C@@H](O)[C@@H]2O1. The third-order valence-corrected chi connectivity index (χ3v) is 2.71. The van der Waals surface area contributed by atoms with E-state index >= 15 is 0 Å². The first-order valence-corrected chi connectivity index (χ1v) is 4.44. The van der Waals surface area contributed by atoms with Crippen molar-refractivity contribution < 1.29 is 14.6 Å². The second-order valence-corrected chi connectivity index (χ2v) is 3.54. The van der Waals surface area contributed by atoms with Gasteiger partial charge in [0.1, 0.15) is 11.9 Å². The van der Waals surface area contributed by atoms with E-state index in [1.807, 2.05) is 0 Å². The Balaban J connectivity index is 2.31. The van der Waals surface area contributed by atoms with Gasteiger partial charge < -0.3 is 14.7 Å². The van der Waals surface area contributed by atoms with Gasteiger partial charge >= 0.3 is 0 Å². The van der Waals surface area contributed by atoms with Crippen molar-refractivity contribution in [2.45, 2.75) is 32.6 Å². The summed E-state index contributed by atoms with van der Waals surface area (Å²) in [5.41, 5.74) is 0.644. The number of ether oxygens (including phenoxy) is 1. The van der Waals surface area contributed by atoms with Gasteiger partial charge in [-0.15, -0.1) is 0 Å². The van der Waals surface area contributed by atoms with Crippen LogP contribution in [0.2, 0.25) is 0 Å². The molecule has 4 heteroatoms. The minimum Gasteiger partial charge on any atom is -0.472 e. The predicted octanol–water partition coefficient (Wildman–Crippen LogP) is 0.230. The number of aliphatic hydroxyl groups is 1. The van der Waals surface area contributed by atoms with Crippen molar-refractivity contribution in [3.05, 3.63) is 11.3 Å². The van der Waals surface area contributed by atoms with Gasteiger partial charge in [-0.05, 0) is 20.3 Å². The lowest BCUT2D eigenvalue weighted by Crippen LogP contribution is -2.45. The Morgan fingerprint density at radius 3 is 2.92 bits per heavy atom. The van der Waals surface area contributed by atoms with Gasteiger partial charge in [-0.25, -0.2) is 0 Å². The molecule has 2 aliphatic rings. The van der Waals surface area contributed by atoms with Crippen LogP contribution < -0.4 is 0 Å². The summed E-state index contributed by atoms with van der Waals surface area (Å²) in [5.74, 6) is 0.623. The second kappa shape index (κ2) is 2.73. The highest BCUT2D eigenvalue weighted by Gasteiger charge is 2.41. The second-order valence-electron chi connectivity index (χ2n) is 3.54. The van der Waals surface area contributed by atoms with Gasteiger partial charge in [0.05, 0.1) is 5.57 Å². The van der Waals surface area contributed by atoms with Crippen LogP contribution in [0, 0.1) is 0 Å². The quantitative estimate of drug-likeness (QED) is 0.585. The highest BCUT2D eigenvalue weighted by molar-refractivity contribution is 5.94. The molecule has 2 rings (SSSR count). The molecule has 0 aromatic carbocycles. The summed E-state index contributed by atoms with van der Waals surface area (Å²) in [5, 5.41) is 9.50. The Kier molecular flexibility index (Phi) is 1.80. The maximum absolute atomic E-state index is 11.6. The number of aliphatic hydroxyl groups excluding tert-OH is 1. The maximum atomic E-state index is 11.6. The lowest BCUT2D eigenvalue weighted by Gasteiger charge is -2.32. The van der Waals surface area contributed by atoms with E-state index < -0.39 is 12.3 Å². The third-order valence-electron chi connectivity index (χ3n) is 2.71. The highest BCUT2D eigenvalue weighted by atomic mass is 16.5. The van der Waals surface area contributed by atoms with Crippen LogP contribution in [0.1, 0.15) is 20.3 Å². The number of fused-ring (bicyclic) bond motifs is 1. The Bertz CT molecular complexity index is 285. The van der Waals surface area contributed by atoms with Crippen LogP contribution in [0.15, 0.2) is 11.3 Å². The van der Waals surface area contributed by atoms with E-state index in [4.69, 9.17) is 4.74 Å². The number of amides is 1. The molecule has 0 aliphatic carbocycles. The first-order valence-electron chi connectivity index (χ1n) is 4.44. The summed E-state index contributed by atoms with van der Waals surface area (Å²) in [6.07, 6.45) is -0.375. The summed E-state index contributed by atoms with van der Waals surface area (Å²) in [4.78, 5) is 13.2. The molecule has 0 unspecified atom stereocenters. The van der Waals surface area contributed by atoms with Crippen LogP contribution in [0.25, 0.3) is 0 Å². The number of hydrogen-bond acceptors (Lipinski definition) is 3. The zero-order chi connectivity index (χ0) is 9.59. The van der Waals surface area contributed by atoms with Crippen LogP contribution in [0.3, 0.4) is 0 Å². The minimum absolute atomic E-state index is 0.00898. The zero-order valence-electron chi connectivity index (χ0n) is 7.78. The zero-order valence-corrected chi connectivity index (χ0v) is 7.78. The van der Waals surface area contributed by atoms with Gasteiger partial charge in [0.25, 0.3) is 5.91 Å². The van der Waals surface area contributed by atoms with Crippen molar-refractivity contribution in [2.75, 3.05) is 6.54 Å². The van der Waals surface area contributed by atoms with Crippen LogP contribution in [0.5, 0.6) is 0 Å². The number of carbonyl (C=O) groups is 1. The fourth-order valence-corrected chi connectivity index (χ4v) is 1.74. The Labute approximate surface area is 76.8 Å². The first-order chi connectivity index (χ1) is 6.11. The van der Waals surface area contributed by atoms with E-state index in [1.165, 1.54) is 0 Å². The third kappa shape index (κ3) is 1.13. The lowest BCUT2D eigenvalue weighted by atomic mass is 10.2. The fourth-order valence-electron chi connectivity index (χ4n) is 1.74. The molecule has 1 saturated heterocycles. The van der Waals surface area contributed by atoms with E-state index in [0.717, 1.165) is 0 Å². The average Bonchev–Trinajstić information content (AvgIpc) is 2.45. The van der Waals surface area contributed by atoms with Gasteiger partial charge in [-0.2, -0.15) is 0 Å². The molecule has 2 heterocycles. The van der Waals surface area contributed by atoms with Crippen LogP contribution in [0.4, 0.5) is 0 Å². The van der Waals surface area contributed by atoms with E-state index in [0.29, 0.717) is 24.3 Å². The molecule has 4 nitrogen and oxygen atoms in total. The topological polar surface area (TPSA) is 49.8 Å². The molecule has 1 amide bonds. The van der Waals surface area contributed by atoms with E-state index in [1.54, 1.807) is 18.7 Å². The van der Waals surface area contributed by atoms with Crippen molar-refractivity contribution in [3.8, 4) is 0 Å². The summed E-state index contributed by atoms with van der Waals surface area (Å²) in [6, 6.07) is 0. The van der Waals surface area contributed by atoms with Crippen molar-refractivity contribution in [1.82, 2.24) is 4.90 Å². The molecule has 0 aromatic rings. The number of nitrogens with zero attached hydrogens (tertiary/aromatic N) is 1. The molecule has 72 valence electrons. The lowest BCUT2D eigenvalue weighted by molar-refractivity contribution is -0.144. The van der Waals surface area contributed by atoms with E-state index in [-0.39, 0.29) is 5.91 Å². The van der Waals surface area contributed by atoms with Crippen LogP contribution in [-0.4, -0.2) is 34.8 Å². The van der Waals surface area contributed by atoms with Gasteiger partial charge in [0, 0.05) is 6.54 Å². The van der Waals surface area contributed by atoms with Crippen molar-refractivity contribution in [3.63, 3.8) is 0 Å². The normalized spacial score (nSPS) is 33.5. The van der Waals surface area contributed by atoms with Crippen molar-refractivity contribution in [1.29, 1.82) is 0 Å². The molecule has 0 spiro atoms. The standard InChI is InChI=1S/C9H13NO3/c1-5-6(2)13-9-7(11)3-4-10(9)8(5)12/h7,9,11H,3-4H2,1-2H3/t7-,9+/m1/s1. The molecule has 2 aliphatic heterocycles. The molecular formula is C9H13NO3. The minimum atomic E-state index is -0.535. The van der Waals surface area contributed by atoms with Crippen LogP contribution in [-0.2, 0) is 9.53 Å². The number of rotatable bonds is 0. The molecular weight excluding hydrogens is 170 g/mol. The number of hydrogen-bond donors (Lipinski definition) is 1. The molecule has 0 aromatic heterocycles. The summed E-state index contributed by atoms with van der Waals surface area (Å²) >= 11 is 0. The summed E-state index contributed by atoms with van der Waals surface area (Å²) < 4.78 is 5.44. The molecule has 2 atom stereocenters. The number of allylic oxidation sites excluding steroid dienone is 1. The largest absolute Gasteiger partial charge is 0.472 e. The predicted molar refractivity (Wildman–Crippen MR) is 45.6 cm³/mol. The Hall–Kier alpha value is -1.03. The molecule has 13 heavy (non-hydrogen) atoms. The van der Waals surface area contributed by atoms with E-state index in [2.05, 4.69) is 0 Å². The monoisotopic (exact) mass is 183 g/mol. The molecule has 1 N–H and O–H groups in total. The highest BCUT2D eigenvalue weighted by Crippen LogP contribution is 2.28. The first kappa shape index (κ1) is 8.56. The van der Waals surface area contributed by atoms with Crippen LogP contribution >= 0.6 is 0 Å². The summed E-state index contributed by atoms with van der Waals surface area (Å²) in [6.45, 7) is 4.10. The average molecular weight is 183 g/mol. The molecule has 1 fully saturated rings. The number of carbonyl (C=O) groups excluding carboxylic acids is 1. The van der Waals surface area contributed by atoms with Gasteiger partial charge in [-0.3, -0.25) is 4.79 Å². The van der Waals surface area contributed by atoms with Gasteiger partial charge in [0.15, 0.2) is 6.23 Å². The molecule has 0 saturated carbocycles. The van der Waals surface area contributed by atoms with Crippen molar-refractivity contribution >= 4 is 5.91 Å².